The summed E-state index contributed by atoms with van der Waals surface area (Å²) in [7, 11) is 0. The number of nitro groups is 1. The van der Waals surface area contributed by atoms with Crippen LogP contribution in [-0.4, -0.2) is 49.6 Å². The van der Waals surface area contributed by atoms with Gasteiger partial charge >= 0.3 is 5.97 Å². The van der Waals surface area contributed by atoms with Gasteiger partial charge in [0, 0.05) is 24.7 Å². The molecule has 0 radical (unpaired) electrons. The molecular formula is C21H20N2O7. The molecule has 0 aromatic heterocycles. The first-order chi connectivity index (χ1) is 14.5. The molecule has 9 heteroatoms. The molecule has 30 heavy (non-hydrogen) atoms. The molecule has 9 nitrogen and oxygen atoms in total. The van der Waals surface area contributed by atoms with E-state index in [0.717, 1.165) is 25.9 Å². The maximum atomic E-state index is 12.4. The molecule has 156 valence electrons. The highest BCUT2D eigenvalue weighted by Crippen LogP contribution is 2.32. The fraction of sp³-hybridized carbons (Fsp3) is 0.333. The third-order valence-electron chi connectivity index (χ3n) is 5.05. The molecule has 1 saturated heterocycles. The average Bonchev–Trinajstić information content (AvgIpc) is 3.31. The van der Waals surface area contributed by atoms with Crippen molar-refractivity contribution in [3.05, 3.63) is 57.6 Å². The molecular weight excluding hydrogens is 392 g/mol. The third kappa shape index (κ3) is 4.05. The van der Waals surface area contributed by atoms with E-state index >= 15 is 0 Å². The summed E-state index contributed by atoms with van der Waals surface area (Å²) in [6.07, 6.45) is 1.95. The average molecular weight is 412 g/mol. The van der Waals surface area contributed by atoms with Crippen molar-refractivity contribution in [1.82, 2.24) is 0 Å². The maximum absolute atomic E-state index is 12.4. The molecule has 2 heterocycles. The highest BCUT2D eigenvalue weighted by atomic mass is 16.6. The van der Waals surface area contributed by atoms with Gasteiger partial charge < -0.3 is 19.1 Å². The highest BCUT2D eigenvalue weighted by molar-refractivity contribution is 6.00. The predicted octanol–water partition coefficient (Wildman–Crippen LogP) is 3.01. The van der Waals surface area contributed by atoms with Crippen LogP contribution in [0.2, 0.25) is 0 Å². The van der Waals surface area contributed by atoms with Gasteiger partial charge in [0.25, 0.3) is 5.69 Å². The van der Waals surface area contributed by atoms with E-state index < -0.39 is 23.3 Å². The van der Waals surface area contributed by atoms with Crippen LogP contribution in [0.15, 0.2) is 36.4 Å². The van der Waals surface area contributed by atoms with Crippen molar-refractivity contribution in [1.29, 1.82) is 0 Å². The first-order valence-electron chi connectivity index (χ1n) is 9.66. The van der Waals surface area contributed by atoms with E-state index in [1.54, 1.807) is 24.3 Å². The second-order valence-electron chi connectivity index (χ2n) is 7.01. The number of nitro benzene ring substituents is 1. The number of carbonyl (C=O) groups excluding carboxylic acids is 2. The van der Waals surface area contributed by atoms with E-state index in [2.05, 4.69) is 0 Å². The molecule has 0 atom stereocenters. The van der Waals surface area contributed by atoms with Crippen molar-refractivity contribution in [2.24, 2.45) is 0 Å². The predicted molar refractivity (Wildman–Crippen MR) is 107 cm³/mol. The molecule has 0 bridgehead atoms. The lowest BCUT2D eigenvalue weighted by Crippen LogP contribution is -2.20. The van der Waals surface area contributed by atoms with Gasteiger partial charge in [0.2, 0.25) is 0 Å². The molecule has 4 rings (SSSR count). The highest BCUT2D eigenvalue weighted by Gasteiger charge is 2.24. The van der Waals surface area contributed by atoms with Gasteiger partial charge in [-0.25, -0.2) is 4.79 Å². The largest absolute Gasteiger partial charge is 0.486 e. The summed E-state index contributed by atoms with van der Waals surface area (Å²) in [5, 5.41) is 11.5. The molecule has 0 saturated carbocycles. The molecule has 0 unspecified atom stereocenters. The van der Waals surface area contributed by atoms with Crippen LogP contribution in [0, 0.1) is 10.1 Å². The second-order valence-corrected chi connectivity index (χ2v) is 7.01. The minimum atomic E-state index is -0.794. The van der Waals surface area contributed by atoms with Gasteiger partial charge in [-0.15, -0.1) is 0 Å². The number of Topliss-reactive ketones (excluding diaryl/α,β-unsaturated/α-hetero) is 1. The van der Waals surface area contributed by atoms with E-state index in [0.29, 0.717) is 36.0 Å². The Morgan fingerprint density at radius 1 is 1.00 bits per heavy atom. The number of fused-ring (bicyclic) bond motifs is 1. The van der Waals surface area contributed by atoms with Crippen LogP contribution in [0.5, 0.6) is 11.5 Å². The Bertz CT molecular complexity index is 999. The summed E-state index contributed by atoms with van der Waals surface area (Å²) in [5.41, 5.74) is 0.688. The van der Waals surface area contributed by atoms with E-state index in [9.17, 15) is 19.7 Å². The minimum absolute atomic E-state index is 0.0274. The maximum Gasteiger partial charge on any atom is 0.338 e. The summed E-state index contributed by atoms with van der Waals surface area (Å²) in [5.74, 6) is -0.188. The smallest absolute Gasteiger partial charge is 0.338 e. The van der Waals surface area contributed by atoms with Crippen molar-refractivity contribution < 1.29 is 28.7 Å². The summed E-state index contributed by atoms with van der Waals surface area (Å²) in [6.45, 7) is 1.84. The van der Waals surface area contributed by atoms with Crippen LogP contribution in [0.3, 0.4) is 0 Å². The molecule has 2 aliphatic rings. The molecule has 0 N–H and O–H groups in total. The van der Waals surface area contributed by atoms with Gasteiger partial charge in [0.1, 0.15) is 18.9 Å². The summed E-state index contributed by atoms with van der Waals surface area (Å²) in [4.78, 5) is 37.6. The van der Waals surface area contributed by atoms with Crippen LogP contribution in [0.25, 0.3) is 0 Å². The minimum Gasteiger partial charge on any atom is -0.486 e. The Balaban J connectivity index is 1.44. The number of benzene rings is 2. The van der Waals surface area contributed by atoms with Crippen molar-refractivity contribution in [3.8, 4) is 11.5 Å². The lowest BCUT2D eigenvalue weighted by molar-refractivity contribution is -0.384. The molecule has 0 aliphatic carbocycles. The number of anilines is 1. The first kappa shape index (κ1) is 19.7. The van der Waals surface area contributed by atoms with Crippen molar-refractivity contribution in [2.45, 2.75) is 12.8 Å². The number of nitrogens with zero attached hydrogens (tertiary/aromatic N) is 2. The van der Waals surface area contributed by atoms with Gasteiger partial charge in [-0.2, -0.15) is 0 Å². The third-order valence-corrected chi connectivity index (χ3v) is 5.05. The molecule has 0 amide bonds. The zero-order valence-electron chi connectivity index (χ0n) is 16.2. The van der Waals surface area contributed by atoms with Gasteiger partial charge in [0.15, 0.2) is 23.9 Å². The number of esters is 1. The number of carbonyl (C=O) groups is 2. The van der Waals surface area contributed by atoms with E-state index in [4.69, 9.17) is 14.2 Å². The van der Waals surface area contributed by atoms with Gasteiger partial charge in [-0.3, -0.25) is 14.9 Å². The lowest BCUT2D eigenvalue weighted by Gasteiger charge is -2.18. The quantitative estimate of drug-likeness (QED) is 0.308. The van der Waals surface area contributed by atoms with Gasteiger partial charge in [-0.1, -0.05) is 0 Å². The van der Waals surface area contributed by atoms with Crippen LogP contribution in [0.1, 0.15) is 33.6 Å². The molecule has 2 aromatic carbocycles. The topological polar surface area (TPSA) is 108 Å². The Labute approximate surface area is 172 Å². The zero-order valence-corrected chi connectivity index (χ0v) is 16.2. The SMILES string of the molecule is O=C(COC(=O)c1ccc(N2CCCC2)c([N+](=O)[O-])c1)c1ccc2c(c1)OCCO2. The van der Waals surface area contributed by atoms with Gasteiger partial charge in [-0.05, 0) is 43.2 Å². The molecule has 2 aliphatic heterocycles. The van der Waals surface area contributed by atoms with Crippen LogP contribution in [0.4, 0.5) is 11.4 Å². The van der Waals surface area contributed by atoms with Crippen LogP contribution >= 0.6 is 0 Å². The Morgan fingerprint density at radius 2 is 1.70 bits per heavy atom. The van der Waals surface area contributed by atoms with E-state index in [-0.39, 0.29) is 11.3 Å². The zero-order chi connectivity index (χ0) is 21.1. The van der Waals surface area contributed by atoms with Crippen LogP contribution in [-0.2, 0) is 4.74 Å². The summed E-state index contributed by atoms with van der Waals surface area (Å²) < 4.78 is 15.9. The lowest BCUT2D eigenvalue weighted by atomic mass is 10.1. The van der Waals surface area contributed by atoms with Crippen molar-refractivity contribution in [3.63, 3.8) is 0 Å². The number of hydrogen-bond donors (Lipinski definition) is 0. The summed E-state index contributed by atoms with van der Waals surface area (Å²) in [6, 6.07) is 8.98. The number of ketones is 1. The number of hydrogen-bond acceptors (Lipinski definition) is 8. The van der Waals surface area contributed by atoms with Gasteiger partial charge in [0.05, 0.1) is 10.5 Å². The number of rotatable bonds is 6. The molecule has 0 spiro atoms. The Hall–Kier alpha value is -3.62. The molecule has 1 fully saturated rings. The first-order valence-corrected chi connectivity index (χ1v) is 9.66. The fourth-order valence-electron chi connectivity index (χ4n) is 3.54. The Kier molecular flexibility index (Phi) is 5.51. The van der Waals surface area contributed by atoms with E-state index in [1.807, 2.05) is 4.90 Å². The Morgan fingerprint density at radius 3 is 2.43 bits per heavy atom. The fourth-order valence-corrected chi connectivity index (χ4v) is 3.54. The normalized spacial score (nSPS) is 15.0. The van der Waals surface area contributed by atoms with E-state index in [1.165, 1.54) is 12.1 Å². The standard InChI is InChI=1S/C21H20N2O7/c24-18(14-4-6-19-20(12-14)29-10-9-28-19)13-30-21(25)15-3-5-16(17(11-15)23(26)27)22-7-1-2-8-22/h3-6,11-12H,1-2,7-10,13H2. The monoisotopic (exact) mass is 412 g/mol. The second kappa shape index (κ2) is 8.40. The van der Waals surface area contributed by atoms with Crippen molar-refractivity contribution >= 4 is 23.1 Å². The van der Waals surface area contributed by atoms with Crippen LogP contribution < -0.4 is 14.4 Å². The number of ether oxygens (including phenoxy) is 3. The summed E-state index contributed by atoms with van der Waals surface area (Å²) >= 11 is 0. The van der Waals surface area contributed by atoms with Crippen molar-refractivity contribution in [2.75, 3.05) is 37.8 Å². The molecule has 2 aromatic rings.